The van der Waals surface area contributed by atoms with Gasteiger partial charge in [-0.05, 0) is 31.0 Å². The number of ether oxygens (including phenoxy) is 1. The van der Waals surface area contributed by atoms with Gasteiger partial charge in [0.15, 0.2) is 11.4 Å². The van der Waals surface area contributed by atoms with Crippen LogP contribution >= 0.6 is 0 Å². The Kier molecular flexibility index (Phi) is 4.10. The number of methoxy groups -OCH3 is 1. The monoisotopic (exact) mass is 309 g/mol. The Bertz CT molecular complexity index is 868. The summed E-state index contributed by atoms with van der Waals surface area (Å²) in [5, 5.41) is 4.45. The number of aromatic nitrogens is 3. The molecule has 2 aromatic heterocycles. The van der Waals surface area contributed by atoms with E-state index in [4.69, 9.17) is 4.74 Å². The molecule has 118 valence electrons. The van der Waals surface area contributed by atoms with E-state index in [1.54, 1.807) is 23.9 Å². The van der Waals surface area contributed by atoms with E-state index in [1.165, 1.54) is 0 Å². The molecule has 23 heavy (non-hydrogen) atoms. The van der Waals surface area contributed by atoms with Crippen molar-refractivity contribution >= 4 is 11.4 Å². The molecule has 0 fully saturated rings. The third-order valence-electron chi connectivity index (χ3n) is 3.82. The van der Waals surface area contributed by atoms with Crippen molar-refractivity contribution < 1.29 is 9.53 Å². The van der Waals surface area contributed by atoms with E-state index in [0.29, 0.717) is 17.8 Å². The number of hydrogen-bond acceptors (Lipinski definition) is 4. The zero-order chi connectivity index (χ0) is 16.4. The molecule has 0 amide bonds. The molecule has 1 aromatic carbocycles. The van der Waals surface area contributed by atoms with Gasteiger partial charge in [0, 0.05) is 24.2 Å². The summed E-state index contributed by atoms with van der Waals surface area (Å²) in [4.78, 5) is 16.4. The Morgan fingerprint density at radius 3 is 2.83 bits per heavy atom. The minimum Gasteiger partial charge on any atom is -0.496 e. The van der Waals surface area contributed by atoms with Crippen molar-refractivity contribution in [2.24, 2.45) is 0 Å². The first-order valence-corrected chi connectivity index (χ1v) is 7.67. The lowest BCUT2D eigenvalue weighted by atomic mass is 10.1. The van der Waals surface area contributed by atoms with Gasteiger partial charge in [0.2, 0.25) is 0 Å². The number of rotatable bonds is 5. The summed E-state index contributed by atoms with van der Waals surface area (Å²) in [5.41, 5.74) is 4.05. The summed E-state index contributed by atoms with van der Waals surface area (Å²) < 4.78 is 7.11. The molecule has 5 nitrogen and oxygen atoms in total. The quantitative estimate of drug-likeness (QED) is 0.674. The Hall–Kier alpha value is -2.69. The van der Waals surface area contributed by atoms with E-state index in [-0.39, 0.29) is 5.78 Å². The van der Waals surface area contributed by atoms with Gasteiger partial charge in [-0.25, -0.2) is 9.50 Å². The second-order valence-corrected chi connectivity index (χ2v) is 5.49. The van der Waals surface area contributed by atoms with Gasteiger partial charge in [-0.15, -0.1) is 0 Å². The molecule has 0 spiro atoms. The van der Waals surface area contributed by atoms with Crippen LogP contribution in [0, 0.1) is 6.92 Å². The largest absolute Gasteiger partial charge is 0.496 e. The van der Waals surface area contributed by atoms with E-state index >= 15 is 0 Å². The van der Waals surface area contributed by atoms with Crippen molar-refractivity contribution in [3.8, 4) is 17.0 Å². The Balaban J connectivity index is 2.12. The van der Waals surface area contributed by atoms with Gasteiger partial charge in [0.1, 0.15) is 11.4 Å². The maximum absolute atomic E-state index is 12.1. The smallest absolute Gasteiger partial charge is 0.183 e. The first-order valence-electron chi connectivity index (χ1n) is 7.67. The van der Waals surface area contributed by atoms with Gasteiger partial charge in [0.25, 0.3) is 0 Å². The van der Waals surface area contributed by atoms with Gasteiger partial charge in [-0.1, -0.05) is 19.1 Å². The number of benzene rings is 1. The van der Waals surface area contributed by atoms with Gasteiger partial charge in [-0.3, -0.25) is 4.79 Å². The van der Waals surface area contributed by atoms with Crippen molar-refractivity contribution in [2.75, 3.05) is 7.11 Å². The van der Waals surface area contributed by atoms with Gasteiger partial charge in [-0.2, -0.15) is 5.10 Å². The van der Waals surface area contributed by atoms with Gasteiger partial charge < -0.3 is 4.74 Å². The lowest BCUT2D eigenvalue weighted by Crippen LogP contribution is -2.01. The Morgan fingerprint density at radius 1 is 1.26 bits per heavy atom. The van der Waals surface area contributed by atoms with E-state index < -0.39 is 0 Å². The first-order chi connectivity index (χ1) is 11.1. The molecular weight excluding hydrogens is 290 g/mol. The average molecular weight is 309 g/mol. The van der Waals surface area contributed by atoms with Crippen molar-refractivity contribution in [1.29, 1.82) is 0 Å². The van der Waals surface area contributed by atoms with Crippen molar-refractivity contribution in [2.45, 2.75) is 26.7 Å². The molecule has 0 unspecified atom stereocenters. The minimum atomic E-state index is 0.0467. The number of Topliss-reactive ketones (excluding diaryl/α,β-unsaturated/α-hetero) is 1. The molecule has 3 rings (SSSR count). The highest BCUT2D eigenvalue weighted by atomic mass is 16.5. The highest BCUT2D eigenvalue weighted by Crippen LogP contribution is 2.27. The average Bonchev–Trinajstić information content (AvgIpc) is 3.00. The van der Waals surface area contributed by atoms with Crippen LogP contribution in [0.1, 0.15) is 35.8 Å². The molecule has 0 atom stereocenters. The normalized spacial score (nSPS) is 10.9. The second kappa shape index (κ2) is 6.20. The molecule has 0 saturated carbocycles. The van der Waals surface area contributed by atoms with Crippen LogP contribution in [0.15, 0.2) is 36.5 Å². The minimum absolute atomic E-state index is 0.0467. The molecule has 2 heterocycles. The number of carbonyl (C=O) groups excluding carboxylic acids is 1. The highest BCUT2D eigenvalue weighted by Gasteiger charge is 2.14. The molecule has 0 radical (unpaired) electrons. The summed E-state index contributed by atoms with van der Waals surface area (Å²) in [6, 6.07) is 9.62. The van der Waals surface area contributed by atoms with E-state index in [2.05, 4.69) is 10.1 Å². The van der Waals surface area contributed by atoms with Crippen LogP contribution in [-0.4, -0.2) is 27.5 Å². The molecular formula is C18H19N3O2. The molecule has 5 heteroatoms. The van der Waals surface area contributed by atoms with Crippen LogP contribution in [0.5, 0.6) is 5.75 Å². The zero-order valence-electron chi connectivity index (χ0n) is 13.5. The Labute approximate surface area is 134 Å². The summed E-state index contributed by atoms with van der Waals surface area (Å²) in [6.45, 7) is 3.98. The van der Waals surface area contributed by atoms with Crippen LogP contribution in [0.3, 0.4) is 0 Å². The number of hydrogen-bond donors (Lipinski definition) is 0. The van der Waals surface area contributed by atoms with Gasteiger partial charge in [0.05, 0.1) is 12.8 Å². The van der Waals surface area contributed by atoms with E-state index in [1.807, 2.05) is 38.1 Å². The number of nitrogens with zero attached hydrogens (tertiary/aromatic N) is 3. The second-order valence-electron chi connectivity index (χ2n) is 5.49. The molecule has 0 saturated heterocycles. The number of aryl methyl sites for hydroxylation is 1. The van der Waals surface area contributed by atoms with Crippen molar-refractivity contribution in [3.63, 3.8) is 0 Å². The molecule has 3 aromatic rings. The lowest BCUT2D eigenvalue weighted by Gasteiger charge is -2.09. The standard InChI is InChI=1S/C18H19N3O2/c1-4-5-16(22)14-11-18-19-9-8-15(21(18)20-14)13-7-6-12(2)17(10-13)23-3/h6-11H,4-5H2,1-3H3. The SMILES string of the molecule is CCCC(=O)c1cc2nccc(-c3ccc(C)c(OC)c3)n2n1. The third kappa shape index (κ3) is 2.82. The van der Waals surface area contributed by atoms with Crippen LogP contribution in [0.25, 0.3) is 16.9 Å². The maximum atomic E-state index is 12.1. The first kappa shape index (κ1) is 15.2. The summed E-state index contributed by atoms with van der Waals surface area (Å²) in [7, 11) is 1.66. The van der Waals surface area contributed by atoms with E-state index in [9.17, 15) is 4.79 Å². The fraction of sp³-hybridized carbons (Fsp3) is 0.278. The molecule has 0 aliphatic heterocycles. The molecule has 0 bridgehead atoms. The zero-order valence-corrected chi connectivity index (χ0v) is 13.5. The van der Waals surface area contributed by atoms with Crippen LogP contribution in [0.4, 0.5) is 0 Å². The van der Waals surface area contributed by atoms with Gasteiger partial charge >= 0.3 is 0 Å². The molecule has 0 N–H and O–H groups in total. The summed E-state index contributed by atoms with van der Waals surface area (Å²) in [5.74, 6) is 0.868. The fourth-order valence-corrected chi connectivity index (χ4v) is 2.58. The lowest BCUT2D eigenvalue weighted by molar-refractivity contribution is 0.0976. The Morgan fingerprint density at radius 2 is 2.09 bits per heavy atom. The molecule has 0 aliphatic rings. The fourth-order valence-electron chi connectivity index (χ4n) is 2.58. The molecule has 0 aliphatic carbocycles. The number of fused-ring (bicyclic) bond motifs is 1. The van der Waals surface area contributed by atoms with E-state index in [0.717, 1.165) is 29.0 Å². The number of carbonyl (C=O) groups is 1. The van der Waals surface area contributed by atoms with Crippen LogP contribution < -0.4 is 4.74 Å². The van der Waals surface area contributed by atoms with Crippen LogP contribution in [0.2, 0.25) is 0 Å². The maximum Gasteiger partial charge on any atom is 0.183 e. The predicted molar refractivity (Wildman–Crippen MR) is 89.0 cm³/mol. The highest BCUT2D eigenvalue weighted by molar-refractivity contribution is 5.95. The summed E-state index contributed by atoms with van der Waals surface area (Å²) >= 11 is 0. The topological polar surface area (TPSA) is 56.5 Å². The third-order valence-corrected chi connectivity index (χ3v) is 3.82. The van der Waals surface area contributed by atoms with Crippen molar-refractivity contribution in [3.05, 3.63) is 47.8 Å². The van der Waals surface area contributed by atoms with Crippen molar-refractivity contribution in [1.82, 2.24) is 14.6 Å². The summed E-state index contributed by atoms with van der Waals surface area (Å²) in [6.07, 6.45) is 3.03. The predicted octanol–water partition coefficient (Wildman–Crippen LogP) is 3.70. The number of ketones is 1. The van der Waals surface area contributed by atoms with Crippen LogP contribution in [-0.2, 0) is 0 Å².